The summed E-state index contributed by atoms with van der Waals surface area (Å²) in [6.07, 6.45) is 0.802. The maximum Gasteiger partial charge on any atom is 0.191 e. The van der Waals surface area contributed by atoms with Gasteiger partial charge in [0, 0.05) is 31.1 Å². The van der Waals surface area contributed by atoms with Gasteiger partial charge in [-0.2, -0.15) is 0 Å². The molecule has 5 nitrogen and oxygen atoms in total. The fourth-order valence-corrected chi connectivity index (χ4v) is 3.42. The van der Waals surface area contributed by atoms with Gasteiger partial charge in [0.15, 0.2) is 5.96 Å². The molecule has 1 aliphatic heterocycles. The number of nitrogens with one attached hydrogen (secondary N) is 2. The first-order chi connectivity index (χ1) is 13.5. The summed E-state index contributed by atoms with van der Waals surface area (Å²) in [5.41, 5.74) is 1.12. The number of benzene rings is 2. The molecule has 1 heterocycles. The molecule has 0 aliphatic carbocycles. The second-order valence-electron chi connectivity index (χ2n) is 6.94. The number of rotatable bonds is 5. The zero-order valence-corrected chi connectivity index (χ0v) is 19.1. The molecule has 0 aromatic heterocycles. The van der Waals surface area contributed by atoms with Gasteiger partial charge >= 0.3 is 0 Å². The summed E-state index contributed by atoms with van der Waals surface area (Å²) >= 11 is 0. The molecule has 8 heteroatoms. The van der Waals surface area contributed by atoms with Crippen molar-refractivity contribution in [3.05, 3.63) is 65.2 Å². The molecule has 0 bridgehead atoms. The molecular formula is C21H27F2IN4O. The van der Waals surface area contributed by atoms with Crippen LogP contribution in [0.25, 0.3) is 0 Å². The number of ether oxygens (including phenoxy) is 1. The number of aliphatic imine (C=N–C) groups is 1. The smallest absolute Gasteiger partial charge is 0.191 e. The molecule has 0 radical (unpaired) electrons. The van der Waals surface area contributed by atoms with E-state index in [-0.39, 0.29) is 35.6 Å². The minimum atomic E-state index is -0.554. The monoisotopic (exact) mass is 516 g/mol. The van der Waals surface area contributed by atoms with E-state index in [1.165, 1.54) is 18.2 Å². The van der Waals surface area contributed by atoms with Crippen molar-refractivity contribution in [3.63, 3.8) is 0 Å². The summed E-state index contributed by atoms with van der Waals surface area (Å²) in [4.78, 5) is 6.06. The fourth-order valence-electron chi connectivity index (χ4n) is 3.42. The first kappa shape index (κ1) is 23.3. The lowest BCUT2D eigenvalue weighted by atomic mass is 10.0. The Morgan fingerprint density at radius 1 is 1.17 bits per heavy atom. The fraction of sp³-hybridized carbons (Fsp3) is 0.381. The molecular weight excluding hydrogens is 489 g/mol. The summed E-state index contributed by atoms with van der Waals surface area (Å²) in [7, 11) is 5.27. The maximum absolute atomic E-state index is 14.3. The van der Waals surface area contributed by atoms with Crippen molar-refractivity contribution in [2.45, 2.75) is 18.5 Å². The average molecular weight is 516 g/mol. The number of hydrogen-bond donors (Lipinski definition) is 2. The molecule has 0 saturated heterocycles. The molecule has 1 aliphatic rings. The van der Waals surface area contributed by atoms with Crippen LogP contribution < -0.4 is 15.4 Å². The van der Waals surface area contributed by atoms with Crippen LogP contribution in [0.4, 0.5) is 8.78 Å². The number of hydrogen-bond acceptors (Lipinski definition) is 3. The molecule has 0 amide bonds. The van der Waals surface area contributed by atoms with Crippen LogP contribution >= 0.6 is 24.0 Å². The highest BCUT2D eigenvalue weighted by molar-refractivity contribution is 14.0. The molecule has 2 atom stereocenters. The number of halogens is 3. The van der Waals surface area contributed by atoms with Crippen molar-refractivity contribution in [2.24, 2.45) is 4.99 Å². The number of guanidine groups is 1. The number of nitrogens with zero attached hydrogens (tertiary/aromatic N) is 2. The molecule has 2 unspecified atom stereocenters. The molecule has 0 spiro atoms. The second kappa shape index (κ2) is 10.7. The van der Waals surface area contributed by atoms with E-state index in [1.807, 2.05) is 24.3 Å². The summed E-state index contributed by atoms with van der Waals surface area (Å²) in [5, 5.41) is 6.59. The largest absolute Gasteiger partial charge is 0.493 e. The van der Waals surface area contributed by atoms with E-state index in [4.69, 9.17) is 4.74 Å². The van der Waals surface area contributed by atoms with E-state index in [0.717, 1.165) is 17.7 Å². The van der Waals surface area contributed by atoms with Crippen LogP contribution in [0.15, 0.2) is 47.5 Å². The first-order valence-corrected chi connectivity index (χ1v) is 9.30. The van der Waals surface area contributed by atoms with Gasteiger partial charge in [0.2, 0.25) is 0 Å². The van der Waals surface area contributed by atoms with Gasteiger partial charge in [0.05, 0.1) is 18.7 Å². The Morgan fingerprint density at radius 2 is 1.86 bits per heavy atom. The number of likely N-dealkylation sites (N-methyl/N-ethyl adjacent to an activating group) is 1. The van der Waals surface area contributed by atoms with E-state index in [1.54, 1.807) is 26.0 Å². The zero-order chi connectivity index (χ0) is 20.1. The van der Waals surface area contributed by atoms with Crippen molar-refractivity contribution in [3.8, 4) is 5.75 Å². The van der Waals surface area contributed by atoms with Gasteiger partial charge in [0.1, 0.15) is 17.4 Å². The Bertz CT molecular complexity index is 827. The van der Waals surface area contributed by atoms with E-state index < -0.39 is 17.7 Å². The van der Waals surface area contributed by atoms with Gasteiger partial charge < -0.3 is 20.3 Å². The van der Waals surface area contributed by atoms with E-state index in [2.05, 4.69) is 15.6 Å². The molecule has 2 N–H and O–H groups in total. The molecule has 0 saturated carbocycles. The maximum atomic E-state index is 14.3. The van der Waals surface area contributed by atoms with Gasteiger partial charge in [-0.25, -0.2) is 8.78 Å². The summed E-state index contributed by atoms with van der Waals surface area (Å²) < 4.78 is 34.2. The van der Waals surface area contributed by atoms with E-state index in [0.29, 0.717) is 19.1 Å². The van der Waals surface area contributed by atoms with Crippen LogP contribution in [-0.4, -0.2) is 45.2 Å². The molecule has 0 fully saturated rings. The van der Waals surface area contributed by atoms with Gasteiger partial charge in [-0.05, 0) is 32.3 Å². The normalized spacial score (nSPS) is 17.0. The highest BCUT2D eigenvalue weighted by Gasteiger charge is 2.24. The number of fused-ring (bicyclic) bond motifs is 1. The Labute approximate surface area is 187 Å². The van der Waals surface area contributed by atoms with Gasteiger partial charge in [0.25, 0.3) is 0 Å². The van der Waals surface area contributed by atoms with Crippen LogP contribution in [-0.2, 0) is 0 Å². The Balaban J connectivity index is 0.00000300. The topological polar surface area (TPSA) is 48.9 Å². The third kappa shape index (κ3) is 5.57. The van der Waals surface area contributed by atoms with Crippen LogP contribution in [0, 0.1) is 11.6 Å². The summed E-state index contributed by atoms with van der Waals surface area (Å²) in [6.45, 7) is 0.918. The average Bonchev–Trinajstić information content (AvgIpc) is 2.69. The van der Waals surface area contributed by atoms with Gasteiger partial charge in [-0.1, -0.05) is 24.3 Å². The van der Waals surface area contributed by atoms with Crippen LogP contribution in [0.3, 0.4) is 0 Å². The van der Waals surface area contributed by atoms with Crippen LogP contribution in [0.5, 0.6) is 5.75 Å². The summed E-state index contributed by atoms with van der Waals surface area (Å²) in [6, 6.07) is 11.4. The molecule has 29 heavy (non-hydrogen) atoms. The second-order valence-corrected chi connectivity index (χ2v) is 6.94. The highest BCUT2D eigenvalue weighted by atomic mass is 127. The van der Waals surface area contributed by atoms with E-state index in [9.17, 15) is 8.78 Å². The lowest BCUT2D eigenvalue weighted by Crippen LogP contribution is -2.44. The quantitative estimate of drug-likeness (QED) is 0.360. The third-order valence-electron chi connectivity index (χ3n) is 4.91. The summed E-state index contributed by atoms with van der Waals surface area (Å²) in [5.74, 6) is 0.329. The van der Waals surface area contributed by atoms with Crippen molar-refractivity contribution < 1.29 is 13.5 Å². The van der Waals surface area contributed by atoms with Crippen molar-refractivity contribution in [1.29, 1.82) is 0 Å². The molecule has 158 valence electrons. The van der Waals surface area contributed by atoms with Crippen LogP contribution in [0.2, 0.25) is 0 Å². The predicted octanol–water partition coefficient (Wildman–Crippen LogP) is 3.87. The van der Waals surface area contributed by atoms with Gasteiger partial charge in [-0.15, -0.1) is 24.0 Å². The predicted molar refractivity (Wildman–Crippen MR) is 122 cm³/mol. The number of para-hydroxylation sites is 1. The van der Waals surface area contributed by atoms with Crippen molar-refractivity contribution >= 4 is 29.9 Å². The Kier molecular flexibility index (Phi) is 8.63. The molecule has 3 rings (SSSR count). The third-order valence-corrected chi connectivity index (χ3v) is 4.91. The van der Waals surface area contributed by atoms with E-state index >= 15 is 0 Å². The first-order valence-electron chi connectivity index (χ1n) is 9.30. The van der Waals surface area contributed by atoms with Crippen molar-refractivity contribution in [1.82, 2.24) is 15.5 Å². The van der Waals surface area contributed by atoms with Crippen molar-refractivity contribution in [2.75, 3.05) is 34.3 Å². The molecule has 2 aromatic carbocycles. The lowest BCUT2D eigenvalue weighted by Gasteiger charge is -2.30. The molecule has 2 aromatic rings. The lowest BCUT2D eigenvalue weighted by molar-refractivity contribution is 0.260. The highest BCUT2D eigenvalue weighted by Crippen LogP contribution is 2.31. The standard InChI is InChI=1S/C21H26F2N4O.HI/c1-24-21(26-17-11-12-28-19-10-5-4-7-14(17)19)25-13-18(27(2)3)20-15(22)8-6-9-16(20)23;/h4-10,17-18H,11-13H2,1-3H3,(H2,24,25,26);1H. The Hall–Kier alpha value is -1.94. The SMILES string of the molecule is CN=C(NCC(c1c(F)cccc1F)N(C)C)NC1CCOc2ccccc21.I. The van der Waals surface area contributed by atoms with Gasteiger partial charge in [-0.3, -0.25) is 4.99 Å². The van der Waals surface area contributed by atoms with Crippen LogP contribution in [0.1, 0.15) is 29.6 Å². The Morgan fingerprint density at radius 3 is 2.52 bits per heavy atom. The minimum Gasteiger partial charge on any atom is -0.493 e. The minimum absolute atomic E-state index is 0. The zero-order valence-electron chi connectivity index (χ0n) is 16.8.